The summed E-state index contributed by atoms with van der Waals surface area (Å²) in [6, 6.07) is 5.65. The quantitative estimate of drug-likeness (QED) is 0.737. The van der Waals surface area contributed by atoms with Gasteiger partial charge in [-0.1, -0.05) is 0 Å². The van der Waals surface area contributed by atoms with Crippen LogP contribution in [-0.2, 0) is 0 Å². The first-order valence-electron chi connectivity index (χ1n) is 4.04. The van der Waals surface area contributed by atoms with Gasteiger partial charge in [0, 0.05) is 0 Å². The molecule has 1 aromatic carbocycles. The average molecular weight is 204 g/mol. The number of nitrogens with zero attached hydrogens (tertiary/aromatic N) is 3. The lowest BCUT2D eigenvalue weighted by Gasteiger charge is -2.01. The largest absolute Gasteiger partial charge is 0.347 e. The molecular formula is C9H5FN4O. The van der Waals surface area contributed by atoms with Crippen molar-refractivity contribution in [3.63, 3.8) is 0 Å². The summed E-state index contributed by atoms with van der Waals surface area (Å²) in [6.07, 6.45) is 1.17. The van der Waals surface area contributed by atoms with Gasteiger partial charge >= 0.3 is 5.69 Å². The number of halogens is 1. The molecule has 2 rings (SSSR count). The fraction of sp³-hybridized carbons (Fsp3) is 0. The zero-order chi connectivity index (χ0) is 10.8. The Hall–Kier alpha value is -2.42. The number of nitriles is 1. The van der Waals surface area contributed by atoms with Crippen LogP contribution in [0, 0.1) is 17.1 Å². The van der Waals surface area contributed by atoms with Gasteiger partial charge < -0.3 is 0 Å². The summed E-state index contributed by atoms with van der Waals surface area (Å²) in [4.78, 5) is 11.1. The highest BCUT2D eigenvalue weighted by Gasteiger charge is 2.07. The van der Waals surface area contributed by atoms with E-state index in [1.165, 1.54) is 18.5 Å². The van der Waals surface area contributed by atoms with Crippen molar-refractivity contribution in [1.29, 1.82) is 5.26 Å². The van der Waals surface area contributed by atoms with Crippen molar-refractivity contribution in [3.8, 4) is 11.8 Å². The second-order valence-corrected chi connectivity index (χ2v) is 2.81. The number of rotatable bonds is 1. The molecule has 0 saturated carbocycles. The molecule has 0 aliphatic rings. The van der Waals surface area contributed by atoms with Crippen molar-refractivity contribution in [2.24, 2.45) is 0 Å². The minimum Gasteiger partial charge on any atom is -0.247 e. The van der Waals surface area contributed by atoms with Gasteiger partial charge in [0.1, 0.15) is 12.1 Å². The summed E-state index contributed by atoms with van der Waals surface area (Å²) in [6.45, 7) is 0. The lowest BCUT2D eigenvalue weighted by atomic mass is 10.2. The van der Waals surface area contributed by atoms with Crippen molar-refractivity contribution < 1.29 is 4.39 Å². The van der Waals surface area contributed by atoms with Crippen LogP contribution in [0.2, 0.25) is 0 Å². The summed E-state index contributed by atoms with van der Waals surface area (Å²) < 4.78 is 14.5. The SMILES string of the molecule is N#Cc1ccc(-n2cn[nH]c2=O)c(F)c1. The Labute approximate surface area is 83.4 Å². The van der Waals surface area contributed by atoms with E-state index in [4.69, 9.17) is 5.26 Å². The molecule has 0 unspecified atom stereocenters. The zero-order valence-corrected chi connectivity index (χ0v) is 7.44. The molecule has 1 aromatic heterocycles. The van der Waals surface area contributed by atoms with Crippen LogP contribution in [0.5, 0.6) is 0 Å². The number of benzene rings is 1. The van der Waals surface area contributed by atoms with Crippen LogP contribution in [0.3, 0.4) is 0 Å². The van der Waals surface area contributed by atoms with Gasteiger partial charge in [0.05, 0.1) is 17.3 Å². The molecule has 0 atom stereocenters. The smallest absolute Gasteiger partial charge is 0.247 e. The maximum atomic E-state index is 13.4. The monoisotopic (exact) mass is 204 g/mol. The minimum atomic E-state index is -0.641. The first-order chi connectivity index (χ1) is 7.22. The molecule has 5 nitrogen and oxygen atoms in total. The van der Waals surface area contributed by atoms with Crippen LogP contribution in [0.25, 0.3) is 5.69 Å². The molecule has 0 bridgehead atoms. The van der Waals surface area contributed by atoms with E-state index in [0.29, 0.717) is 0 Å². The van der Waals surface area contributed by atoms with Gasteiger partial charge in [0.15, 0.2) is 0 Å². The Morgan fingerprint density at radius 1 is 1.53 bits per heavy atom. The number of aromatic nitrogens is 3. The second kappa shape index (κ2) is 3.38. The Morgan fingerprint density at radius 3 is 2.87 bits per heavy atom. The van der Waals surface area contributed by atoms with Crippen molar-refractivity contribution >= 4 is 0 Å². The van der Waals surface area contributed by atoms with Crippen LogP contribution in [0.15, 0.2) is 29.3 Å². The van der Waals surface area contributed by atoms with E-state index in [2.05, 4.69) is 10.2 Å². The molecule has 0 aliphatic heterocycles. The zero-order valence-electron chi connectivity index (χ0n) is 7.44. The van der Waals surface area contributed by atoms with Crippen molar-refractivity contribution in [2.75, 3.05) is 0 Å². The van der Waals surface area contributed by atoms with E-state index in [9.17, 15) is 9.18 Å². The number of aromatic amines is 1. The number of nitrogens with one attached hydrogen (secondary N) is 1. The molecule has 2 aromatic rings. The first kappa shape index (κ1) is 9.15. The van der Waals surface area contributed by atoms with Gasteiger partial charge in [0.2, 0.25) is 0 Å². The Kier molecular flexibility index (Phi) is 2.06. The summed E-state index contributed by atoms with van der Waals surface area (Å²) >= 11 is 0. The van der Waals surface area contributed by atoms with Crippen LogP contribution in [0.4, 0.5) is 4.39 Å². The lowest BCUT2D eigenvalue weighted by molar-refractivity contribution is 0.616. The first-order valence-corrected chi connectivity index (χ1v) is 4.04. The van der Waals surface area contributed by atoms with Gasteiger partial charge in [-0.25, -0.2) is 18.9 Å². The van der Waals surface area contributed by atoms with E-state index < -0.39 is 11.5 Å². The van der Waals surface area contributed by atoms with Crippen LogP contribution in [0.1, 0.15) is 5.56 Å². The Bertz CT molecular complexity index is 593. The molecule has 6 heteroatoms. The van der Waals surface area contributed by atoms with Crippen LogP contribution in [-0.4, -0.2) is 14.8 Å². The number of H-pyrrole nitrogens is 1. The molecule has 0 radical (unpaired) electrons. The summed E-state index contributed by atoms with van der Waals surface area (Å²) in [5, 5.41) is 14.2. The number of hydrogen-bond donors (Lipinski definition) is 1. The van der Waals surface area contributed by atoms with Gasteiger partial charge in [-0.3, -0.25) is 0 Å². The predicted octanol–water partition coefficient (Wildman–Crippen LogP) is 0.571. The molecule has 15 heavy (non-hydrogen) atoms. The maximum absolute atomic E-state index is 13.4. The van der Waals surface area contributed by atoms with E-state index in [0.717, 1.165) is 10.6 Å². The molecule has 1 heterocycles. The van der Waals surface area contributed by atoms with Gasteiger partial charge in [0.25, 0.3) is 0 Å². The summed E-state index contributed by atoms with van der Waals surface area (Å²) in [5.74, 6) is -0.641. The van der Waals surface area contributed by atoms with Crippen molar-refractivity contribution in [2.45, 2.75) is 0 Å². The molecule has 74 valence electrons. The Morgan fingerprint density at radius 2 is 2.33 bits per heavy atom. The molecular weight excluding hydrogens is 199 g/mol. The molecule has 1 N–H and O–H groups in total. The second-order valence-electron chi connectivity index (χ2n) is 2.81. The molecule has 0 amide bonds. The van der Waals surface area contributed by atoms with E-state index in [1.807, 2.05) is 0 Å². The van der Waals surface area contributed by atoms with E-state index in [-0.39, 0.29) is 11.3 Å². The third-order valence-electron chi connectivity index (χ3n) is 1.89. The molecule has 0 saturated heterocycles. The highest BCUT2D eigenvalue weighted by atomic mass is 19.1. The van der Waals surface area contributed by atoms with Gasteiger partial charge in [-0.15, -0.1) is 0 Å². The fourth-order valence-corrected chi connectivity index (χ4v) is 1.19. The fourth-order valence-electron chi connectivity index (χ4n) is 1.19. The van der Waals surface area contributed by atoms with E-state index >= 15 is 0 Å². The van der Waals surface area contributed by atoms with Crippen LogP contribution < -0.4 is 5.69 Å². The minimum absolute atomic E-state index is 0.0627. The normalized spacial score (nSPS) is 9.87. The topological polar surface area (TPSA) is 74.5 Å². The lowest BCUT2D eigenvalue weighted by Crippen LogP contribution is -2.15. The van der Waals surface area contributed by atoms with Gasteiger partial charge in [-0.2, -0.15) is 10.4 Å². The van der Waals surface area contributed by atoms with Crippen molar-refractivity contribution in [3.05, 3.63) is 46.4 Å². The number of hydrogen-bond acceptors (Lipinski definition) is 3. The highest BCUT2D eigenvalue weighted by molar-refractivity contribution is 5.40. The molecule has 0 spiro atoms. The predicted molar refractivity (Wildman–Crippen MR) is 48.9 cm³/mol. The van der Waals surface area contributed by atoms with E-state index in [1.54, 1.807) is 6.07 Å². The van der Waals surface area contributed by atoms with Crippen molar-refractivity contribution in [1.82, 2.24) is 14.8 Å². The third-order valence-corrected chi connectivity index (χ3v) is 1.89. The standard InChI is InChI=1S/C9H5FN4O/c10-7-3-6(4-11)1-2-8(7)14-5-12-13-9(14)15/h1-3,5H,(H,13,15). The van der Waals surface area contributed by atoms with Crippen LogP contribution >= 0.6 is 0 Å². The average Bonchev–Trinajstić information content (AvgIpc) is 2.64. The maximum Gasteiger partial charge on any atom is 0.347 e. The summed E-state index contributed by atoms with van der Waals surface area (Å²) in [7, 11) is 0. The third kappa shape index (κ3) is 1.50. The highest BCUT2D eigenvalue weighted by Crippen LogP contribution is 2.12. The Balaban J connectivity index is 2.61. The molecule has 0 aliphatic carbocycles. The summed E-state index contributed by atoms with van der Waals surface area (Å²) in [5.41, 5.74) is -0.265. The molecule has 0 fully saturated rings. The van der Waals surface area contributed by atoms with Gasteiger partial charge in [-0.05, 0) is 18.2 Å².